The van der Waals surface area contributed by atoms with Crippen molar-refractivity contribution in [2.75, 3.05) is 31.6 Å². The van der Waals surface area contributed by atoms with Gasteiger partial charge in [0.15, 0.2) is 0 Å². The third-order valence-corrected chi connectivity index (χ3v) is 5.32. The van der Waals surface area contributed by atoms with Gasteiger partial charge in [0, 0.05) is 12.2 Å². The predicted octanol–water partition coefficient (Wildman–Crippen LogP) is 3.19. The molecule has 2 aliphatic rings. The van der Waals surface area contributed by atoms with E-state index in [1.165, 1.54) is 12.1 Å². The number of anilines is 1. The molecule has 5 heteroatoms. The predicted molar refractivity (Wildman–Crippen MR) is 94.3 cm³/mol. The minimum absolute atomic E-state index is 0.135. The van der Waals surface area contributed by atoms with E-state index >= 15 is 0 Å². The van der Waals surface area contributed by atoms with Gasteiger partial charge in [-0.05, 0) is 61.8 Å². The van der Waals surface area contributed by atoms with Gasteiger partial charge in [0.1, 0.15) is 18.2 Å². The summed E-state index contributed by atoms with van der Waals surface area (Å²) in [4.78, 5) is 14.9. The fourth-order valence-electron chi connectivity index (χ4n) is 3.85. The Labute approximate surface area is 146 Å². The molecule has 0 radical (unpaired) electrons. The highest BCUT2D eigenvalue weighted by atomic mass is 19.1. The third kappa shape index (κ3) is 3.00. The average Bonchev–Trinajstić information content (AvgIpc) is 2.90. The molecule has 4 nitrogen and oxygen atoms in total. The quantitative estimate of drug-likeness (QED) is 0.929. The molecule has 0 bridgehead atoms. The molecule has 25 heavy (non-hydrogen) atoms. The summed E-state index contributed by atoms with van der Waals surface area (Å²) in [6.07, 6.45) is 1.65. The summed E-state index contributed by atoms with van der Waals surface area (Å²) < 4.78 is 18.6. The summed E-state index contributed by atoms with van der Waals surface area (Å²) in [6, 6.07) is 14.1. The normalized spacial score (nSPS) is 18.8. The Hall–Kier alpha value is -2.40. The first-order valence-corrected chi connectivity index (χ1v) is 8.69. The minimum Gasteiger partial charge on any atom is -0.492 e. The number of ether oxygens (including phenoxy) is 1. The van der Waals surface area contributed by atoms with Crippen LogP contribution in [0.5, 0.6) is 5.75 Å². The van der Waals surface area contributed by atoms with Crippen LogP contribution < -0.4 is 10.1 Å². The van der Waals surface area contributed by atoms with Gasteiger partial charge in [-0.15, -0.1) is 0 Å². The van der Waals surface area contributed by atoms with Gasteiger partial charge < -0.3 is 10.1 Å². The highest BCUT2D eigenvalue weighted by molar-refractivity contribution is 6.06. The summed E-state index contributed by atoms with van der Waals surface area (Å²) in [5.74, 6) is 0.554. The number of carbonyl (C=O) groups is 1. The Morgan fingerprint density at radius 1 is 1.08 bits per heavy atom. The Morgan fingerprint density at radius 3 is 2.56 bits per heavy atom. The standard InChI is InChI=1S/C20H21FN2O2/c21-15-5-7-16(8-6-15)25-14-13-23-11-9-20(10-12-23)17-3-1-2-4-18(17)22-19(20)24/h1-8H,9-14H2,(H,22,24). The highest BCUT2D eigenvalue weighted by Crippen LogP contribution is 2.44. The van der Waals surface area contributed by atoms with Crippen molar-refractivity contribution in [3.63, 3.8) is 0 Å². The molecule has 1 saturated heterocycles. The SMILES string of the molecule is O=C1Nc2ccccc2C12CCN(CCOc1ccc(F)cc1)CC2. The second-order valence-corrected chi connectivity index (χ2v) is 6.73. The van der Waals surface area contributed by atoms with Crippen molar-refractivity contribution < 1.29 is 13.9 Å². The molecule has 1 fully saturated rings. The van der Waals surface area contributed by atoms with E-state index in [4.69, 9.17) is 4.74 Å². The molecule has 0 aliphatic carbocycles. The molecule has 2 heterocycles. The summed E-state index contributed by atoms with van der Waals surface area (Å²) in [7, 11) is 0. The monoisotopic (exact) mass is 340 g/mol. The van der Waals surface area contributed by atoms with Gasteiger partial charge in [-0.25, -0.2) is 4.39 Å². The summed E-state index contributed by atoms with van der Waals surface area (Å²) in [6.45, 7) is 3.10. The maximum Gasteiger partial charge on any atom is 0.235 e. The summed E-state index contributed by atoms with van der Waals surface area (Å²) in [5, 5.41) is 3.03. The molecular formula is C20H21FN2O2. The number of hydrogen-bond acceptors (Lipinski definition) is 3. The van der Waals surface area contributed by atoms with E-state index in [-0.39, 0.29) is 17.1 Å². The number of hydrogen-bond donors (Lipinski definition) is 1. The zero-order valence-corrected chi connectivity index (χ0v) is 14.0. The number of benzene rings is 2. The van der Waals surface area contributed by atoms with E-state index in [1.807, 2.05) is 18.2 Å². The maximum absolute atomic E-state index is 12.9. The molecule has 0 saturated carbocycles. The second-order valence-electron chi connectivity index (χ2n) is 6.73. The van der Waals surface area contributed by atoms with Crippen LogP contribution in [0, 0.1) is 5.82 Å². The third-order valence-electron chi connectivity index (χ3n) is 5.32. The van der Waals surface area contributed by atoms with Crippen molar-refractivity contribution in [2.24, 2.45) is 0 Å². The average molecular weight is 340 g/mol. The highest BCUT2D eigenvalue weighted by Gasteiger charge is 2.48. The number of halogens is 1. The Morgan fingerprint density at radius 2 is 1.80 bits per heavy atom. The number of amides is 1. The van der Waals surface area contributed by atoms with Crippen LogP contribution in [0.4, 0.5) is 10.1 Å². The Kier molecular flexibility index (Phi) is 4.17. The lowest BCUT2D eigenvalue weighted by atomic mass is 9.74. The van der Waals surface area contributed by atoms with Crippen LogP contribution in [-0.2, 0) is 10.2 Å². The first kappa shape index (κ1) is 16.1. The fraction of sp³-hybridized carbons (Fsp3) is 0.350. The largest absolute Gasteiger partial charge is 0.492 e. The van der Waals surface area contributed by atoms with Gasteiger partial charge in [-0.3, -0.25) is 9.69 Å². The van der Waals surface area contributed by atoms with Crippen LogP contribution >= 0.6 is 0 Å². The van der Waals surface area contributed by atoms with Crippen LogP contribution in [-0.4, -0.2) is 37.0 Å². The maximum atomic E-state index is 12.9. The zero-order chi connectivity index (χ0) is 17.3. The molecule has 1 N–H and O–H groups in total. The number of piperidine rings is 1. The van der Waals surface area contributed by atoms with Crippen LogP contribution in [0.25, 0.3) is 0 Å². The number of carbonyl (C=O) groups excluding carboxylic acids is 1. The van der Waals surface area contributed by atoms with Gasteiger partial charge >= 0.3 is 0 Å². The number of rotatable bonds is 4. The molecule has 2 aromatic carbocycles. The van der Waals surface area contributed by atoms with Crippen molar-refractivity contribution >= 4 is 11.6 Å². The lowest BCUT2D eigenvalue weighted by Crippen LogP contribution is -2.47. The number of nitrogens with one attached hydrogen (secondary N) is 1. The number of nitrogens with zero attached hydrogens (tertiary/aromatic N) is 1. The van der Waals surface area contributed by atoms with Crippen LogP contribution in [0.2, 0.25) is 0 Å². The van der Waals surface area contributed by atoms with E-state index < -0.39 is 0 Å². The number of fused-ring (bicyclic) bond motifs is 2. The van der Waals surface area contributed by atoms with E-state index in [2.05, 4.69) is 16.3 Å². The minimum atomic E-state index is -0.370. The van der Waals surface area contributed by atoms with E-state index in [0.717, 1.165) is 43.7 Å². The molecule has 2 aliphatic heterocycles. The fourth-order valence-corrected chi connectivity index (χ4v) is 3.85. The van der Waals surface area contributed by atoms with Gasteiger partial charge in [-0.1, -0.05) is 18.2 Å². The van der Waals surface area contributed by atoms with Gasteiger partial charge in [0.2, 0.25) is 5.91 Å². The molecule has 130 valence electrons. The summed E-state index contributed by atoms with van der Waals surface area (Å²) in [5.41, 5.74) is 1.73. The van der Waals surface area contributed by atoms with E-state index in [0.29, 0.717) is 12.4 Å². The van der Waals surface area contributed by atoms with Crippen LogP contribution in [0.1, 0.15) is 18.4 Å². The molecular weight excluding hydrogens is 319 g/mol. The first-order chi connectivity index (χ1) is 12.2. The topological polar surface area (TPSA) is 41.6 Å². The molecule has 1 amide bonds. The van der Waals surface area contributed by atoms with E-state index in [1.54, 1.807) is 12.1 Å². The van der Waals surface area contributed by atoms with Gasteiger partial charge in [0.05, 0.1) is 5.41 Å². The van der Waals surface area contributed by atoms with Crippen molar-refractivity contribution in [1.82, 2.24) is 4.90 Å². The lowest BCUT2D eigenvalue weighted by Gasteiger charge is -2.37. The van der Waals surface area contributed by atoms with Crippen LogP contribution in [0.15, 0.2) is 48.5 Å². The molecule has 4 rings (SSSR count). The number of para-hydroxylation sites is 1. The van der Waals surface area contributed by atoms with Crippen molar-refractivity contribution in [3.8, 4) is 5.75 Å². The second kappa shape index (κ2) is 6.48. The van der Waals surface area contributed by atoms with Crippen molar-refractivity contribution in [1.29, 1.82) is 0 Å². The zero-order valence-electron chi connectivity index (χ0n) is 14.0. The first-order valence-electron chi connectivity index (χ1n) is 8.69. The van der Waals surface area contributed by atoms with Gasteiger partial charge in [-0.2, -0.15) is 0 Å². The van der Waals surface area contributed by atoms with Crippen molar-refractivity contribution in [3.05, 3.63) is 59.9 Å². The molecule has 2 aromatic rings. The molecule has 1 spiro atoms. The molecule has 0 atom stereocenters. The molecule has 0 unspecified atom stereocenters. The Bertz CT molecular complexity index is 768. The summed E-state index contributed by atoms with van der Waals surface area (Å²) >= 11 is 0. The molecule has 0 aromatic heterocycles. The van der Waals surface area contributed by atoms with Crippen molar-refractivity contribution in [2.45, 2.75) is 18.3 Å². The Balaban J connectivity index is 1.33. The lowest BCUT2D eigenvalue weighted by molar-refractivity contribution is -0.122. The van der Waals surface area contributed by atoms with E-state index in [9.17, 15) is 9.18 Å². The smallest absolute Gasteiger partial charge is 0.235 e. The van der Waals surface area contributed by atoms with Crippen LogP contribution in [0.3, 0.4) is 0 Å². The van der Waals surface area contributed by atoms with Gasteiger partial charge in [0.25, 0.3) is 0 Å². The number of likely N-dealkylation sites (tertiary alicyclic amines) is 1.